The van der Waals surface area contributed by atoms with Gasteiger partial charge in [-0.3, -0.25) is 4.79 Å². The number of nitrogens with one attached hydrogen (secondary N) is 1. The molecule has 0 atom stereocenters. The second kappa shape index (κ2) is 7.65. The molecule has 1 rings (SSSR count). The van der Waals surface area contributed by atoms with E-state index in [1.54, 1.807) is 6.07 Å². The molecule has 94 valence electrons. The van der Waals surface area contributed by atoms with Gasteiger partial charge < -0.3 is 20.9 Å². The first-order valence-corrected chi connectivity index (χ1v) is 5.52. The van der Waals surface area contributed by atoms with Gasteiger partial charge in [0.15, 0.2) is 0 Å². The first kappa shape index (κ1) is 13.5. The molecule has 0 fully saturated rings. The van der Waals surface area contributed by atoms with E-state index >= 15 is 0 Å². The van der Waals surface area contributed by atoms with Crippen molar-refractivity contribution >= 4 is 11.6 Å². The van der Waals surface area contributed by atoms with Gasteiger partial charge in [0, 0.05) is 12.2 Å². The van der Waals surface area contributed by atoms with Crippen LogP contribution in [0.1, 0.15) is 5.56 Å². The summed E-state index contributed by atoms with van der Waals surface area (Å²) in [6, 6.07) is 7.28. The van der Waals surface area contributed by atoms with Gasteiger partial charge in [0.2, 0.25) is 5.91 Å². The molecule has 0 bridgehead atoms. The molecule has 0 heterocycles. The zero-order valence-electron chi connectivity index (χ0n) is 9.69. The molecular formula is C12H18N2O3. The molecule has 0 aromatic heterocycles. The fourth-order valence-electron chi connectivity index (χ4n) is 1.36. The van der Waals surface area contributed by atoms with E-state index in [9.17, 15) is 4.79 Å². The Morgan fingerprint density at radius 1 is 1.35 bits per heavy atom. The number of rotatable bonds is 7. The number of benzene rings is 1. The van der Waals surface area contributed by atoms with E-state index in [1.807, 2.05) is 18.2 Å². The number of aliphatic hydroxyl groups is 1. The monoisotopic (exact) mass is 238 g/mol. The number of nitrogen functional groups attached to an aromatic ring is 1. The Morgan fingerprint density at radius 3 is 2.82 bits per heavy atom. The minimum absolute atomic E-state index is 0.00546. The van der Waals surface area contributed by atoms with Crippen LogP contribution in [-0.2, 0) is 16.0 Å². The van der Waals surface area contributed by atoms with Gasteiger partial charge in [-0.25, -0.2) is 0 Å². The van der Waals surface area contributed by atoms with Crippen molar-refractivity contribution in [2.45, 2.75) is 6.42 Å². The number of ether oxygens (including phenoxy) is 1. The Morgan fingerprint density at radius 2 is 2.12 bits per heavy atom. The molecule has 0 spiro atoms. The summed E-state index contributed by atoms with van der Waals surface area (Å²) in [7, 11) is 0. The lowest BCUT2D eigenvalue weighted by atomic mass is 10.1. The van der Waals surface area contributed by atoms with Gasteiger partial charge >= 0.3 is 0 Å². The van der Waals surface area contributed by atoms with Gasteiger partial charge in [-0.1, -0.05) is 18.2 Å². The Labute approximate surface area is 101 Å². The lowest BCUT2D eigenvalue weighted by Gasteiger charge is -2.07. The molecule has 0 saturated heterocycles. The van der Waals surface area contributed by atoms with Crippen molar-refractivity contribution in [3.63, 3.8) is 0 Å². The maximum absolute atomic E-state index is 11.5. The quantitative estimate of drug-likeness (QED) is 0.459. The van der Waals surface area contributed by atoms with Crippen LogP contribution in [0.2, 0.25) is 0 Å². The second-order valence-electron chi connectivity index (χ2n) is 3.56. The van der Waals surface area contributed by atoms with Gasteiger partial charge in [0.05, 0.1) is 26.2 Å². The van der Waals surface area contributed by atoms with Crippen molar-refractivity contribution in [3.8, 4) is 0 Å². The fourth-order valence-corrected chi connectivity index (χ4v) is 1.36. The van der Waals surface area contributed by atoms with Crippen LogP contribution in [-0.4, -0.2) is 37.4 Å². The third-order valence-electron chi connectivity index (χ3n) is 2.21. The Hall–Kier alpha value is -1.59. The normalized spacial score (nSPS) is 10.2. The number of aliphatic hydroxyl groups excluding tert-OH is 1. The van der Waals surface area contributed by atoms with E-state index < -0.39 is 0 Å². The number of anilines is 1. The minimum Gasteiger partial charge on any atom is -0.398 e. The van der Waals surface area contributed by atoms with E-state index in [2.05, 4.69) is 5.32 Å². The number of carbonyl (C=O) groups is 1. The highest BCUT2D eigenvalue weighted by molar-refractivity contribution is 5.80. The van der Waals surface area contributed by atoms with Crippen molar-refractivity contribution in [2.24, 2.45) is 0 Å². The number of amides is 1. The van der Waals surface area contributed by atoms with Crippen LogP contribution in [0.15, 0.2) is 24.3 Å². The SMILES string of the molecule is Nc1ccccc1CC(=O)NCCOCCO. The van der Waals surface area contributed by atoms with Gasteiger partial charge in [0.1, 0.15) is 0 Å². The maximum atomic E-state index is 11.5. The standard InChI is InChI=1S/C12H18N2O3/c13-11-4-2-1-3-10(11)9-12(16)14-5-7-17-8-6-15/h1-4,15H,5-9,13H2,(H,14,16). The molecule has 1 aromatic rings. The molecule has 4 N–H and O–H groups in total. The number of nitrogens with two attached hydrogens (primary N) is 1. The average molecular weight is 238 g/mol. The van der Waals surface area contributed by atoms with Crippen molar-refractivity contribution in [1.82, 2.24) is 5.32 Å². The molecule has 1 amide bonds. The largest absolute Gasteiger partial charge is 0.398 e. The molecule has 0 radical (unpaired) electrons. The Balaban J connectivity index is 2.23. The topological polar surface area (TPSA) is 84.6 Å². The molecule has 5 heteroatoms. The summed E-state index contributed by atoms with van der Waals surface area (Å²) in [5.74, 6) is -0.0875. The fraction of sp³-hybridized carbons (Fsp3) is 0.417. The van der Waals surface area contributed by atoms with Crippen LogP contribution in [0, 0.1) is 0 Å². The summed E-state index contributed by atoms with van der Waals surface area (Å²) in [5.41, 5.74) is 7.18. The molecule has 17 heavy (non-hydrogen) atoms. The average Bonchev–Trinajstić information content (AvgIpc) is 2.32. The summed E-state index contributed by atoms with van der Waals surface area (Å²) in [6.45, 7) is 1.12. The van der Waals surface area contributed by atoms with E-state index in [1.165, 1.54) is 0 Å². The van der Waals surface area contributed by atoms with Gasteiger partial charge in [-0.2, -0.15) is 0 Å². The van der Waals surface area contributed by atoms with Gasteiger partial charge in [-0.15, -0.1) is 0 Å². The number of carbonyl (C=O) groups excluding carboxylic acids is 1. The summed E-state index contributed by atoms with van der Waals surface area (Å²) >= 11 is 0. The van der Waals surface area contributed by atoms with Crippen LogP contribution >= 0.6 is 0 Å². The Kier molecular flexibility index (Phi) is 6.06. The minimum atomic E-state index is -0.0875. The molecule has 0 aliphatic carbocycles. The highest BCUT2D eigenvalue weighted by Crippen LogP contribution is 2.10. The van der Waals surface area contributed by atoms with Crippen molar-refractivity contribution in [3.05, 3.63) is 29.8 Å². The molecular weight excluding hydrogens is 220 g/mol. The lowest BCUT2D eigenvalue weighted by molar-refractivity contribution is -0.120. The van der Waals surface area contributed by atoms with Gasteiger partial charge in [0.25, 0.3) is 0 Å². The van der Waals surface area contributed by atoms with Crippen LogP contribution < -0.4 is 11.1 Å². The van der Waals surface area contributed by atoms with E-state index in [4.69, 9.17) is 15.6 Å². The predicted molar refractivity (Wildman–Crippen MR) is 65.5 cm³/mol. The number of para-hydroxylation sites is 1. The molecule has 0 saturated carbocycles. The molecule has 0 aliphatic rings. The van der Waals surface area contributed by atoms with Crippen molar-refractivity contribution < 1.29 is 14.6 Å². The molecule has 5 nitrogen and oxygen atoms in total. The van der Waals surface area contributed by atoms with E-state index in [0.717, 1.165) is 5.56 Å². The highest BCUT2D eigenvalue weighted by atomic mass is 16.5. The predicted octanol–water partition coefficient (Wildman–Crippen LogP) is -0.0636. The second-order valence-corrected chi connectivity index (χ2v) is 3.56. The van der Waals surface area contributed by atoms with Crippen LogP contribution in [0.25, 0.3) is 0 Å². The third-order valence-corrected chi connectivity index (χ3v) is 2.21. The van der Waals surface area contributed by atoms with Crippen LogP contribution in [0.5, 0.6) is 0 Å². The third kappa shape index (κ3) is 5.33. The number of hydrogen-bond donors (Lipinski definition) is 3. The van der Waals surface area contributed by atoms with Crippen LogP contribution in [0.4, 0.5) is 5.69 Å². The van der Waals surface area contributed by atoms with E-state index in [0.29, 0.717) is 25.4 Å². The summed E-state index contributed by atoms with van der Waals surface area (Å²) in [5, 5.41) is 11.2. The zero-order valence-corrected chi connectivity index (χ0v) is 9.69. The highest BCUT2D eigenvalue weighted by Gasteiger charge is 2.04. The van der Waals surface area contributed by atoms with Gasteiger partial charge in [-0.05, 0) is 11.6 Å². The molecule has 0 unspecified atom stereocenters. The van der Waals surface area contributed by atoms with E-state index in [-0.39, 0.29) is 18.9 Å². The molecule has 1 aromatic carbocycles. The first-order chi connectivity index (χ1) is 8.24. The molecule has 0 aliphatic heterocycles. The summed E-state index contributed by atoms with van der Waals surface area (Å²) < 4.78 is 5.02. The summed E-state index contributed by atoms with van der Waals surface area (Å²) in [4.78, 5) is 11.5. The smallest absolute Gasteiger partial charge is 0.224 e. The lowest BCUT2D eigenvalue weighted by Crippen LogP contribution is -2.29. The first-order valence-electron chi connectivity index (χ1n) is 5.52. The van der Waals surface area contributed by atoms with Crippen LogP contribution in [0.3, 0.4) is 0 Å². The maximum Gasteiger partial charge on any atom is 0.224 e. The Bertz CT molecular complexity index is 355. The number of hydrogen-bond acceptors (Lipinski definition) is 4. The van der Waals surface area contributed by atoms with Crippen molar-refractivity contribution in [1.29, 1.82) is 0 Å². The van der Waals surface area contributed by atoms with Crippen molar-refractivity contribution in [2.75, 3.05) is 32.1 Å². The summed E-state index contributed by atoms with van der Waals surface area (Å²) in [6.07, 6.45) is 0.271. The zero-order chi connectivity index (χ0) is 12.5.